The average molecular weight is 284 g/mol. The highest BCUT2D eigenvalue weighted by Crippen LogP contribution is 2.34. The predicted molar refractivity (Wildman–Crippen MR) is 77.9 cm³/mol. The van der Waals surface area contributed by atoms with Crippen molar-refractivity contribution in [1.82, 2.24) is 5.43 Å². The molecule has 0 spiro atoms. The minimum atomic E-state index is -0.430. The zero-order valence-corrected chi connectivity index (χ0v) is 12.9. The van der Waals surface area contributed by atoms with E-state index in [0.29, 0.717) is 17.9 Å². The summed E-state index contributed by atoms with van der Waals surface area (Å²) in [5.74, 6) is 5.76. The molecule has 4 nitrogen and oxygen atoms in total. The van der Waals surface area contributed by atoms with Crippen LogP contribution in [-0.4, -0.2) is 19.8 Å². The van der Waals surface area contributed by atoms with Crippen LogP contribution in [0.1, 0.15) is 39.3 Å². The van der Waals surface area contributed by atoms with Crippen molar-refractivity contribution in [3.63, 3.8) is 0 Å². The Bertz CT molecular complexity index is 432. The van der Waals surface area contributed by atoms with Crippen LogP contribution in [0, 0.1) is 11.2 Å². The molecule has 0 aromatic heterocycles. The molecule has 1 aromatic carbocycles. The van der Waals surface area contributed by atoms with E-state index < -0.39 is 6.04 Å². The molecule has 0 heterocycles. The number of hydrogen-bond donors (Lipinski definition) is 2. The molecule has 0 radical (unpaired) electrons. The number of nitrogens with two attached hydrogens (primary N) is 1. The van der Waals surface area contributed by atoms with Crippen molar-refractivity contribution in [2.75, 3.05) is 13.7 Å². The van der Waals surface area contributed by atoms with Crippen LogP contribution in [0.3, 0.4) is 0 Å². The Morgan fingerprint density at radius 1 is 1.35 bits per heavy atom. The summed E-state index contributed by atoms with van der Waals surface area (Å²) in [7, 11) is 1.51. The second kappa shape index (κ2) is 7.02. The summed E-state index contributed by atoms with van der Waals surface area (Å²) in [4.78, 5) is 0. The predicted octanol–water partition coefficient (Wildman–Crippen LogP) is 2.79. The lowest BCUT2D eigenvalue weighted by molar-refractivity contribution is -0.0373. The smallest absolute Gasteiger partial charge is 0.131 e. The maximum absolute atomic E-state index is 14.2. The monoisotopic (exact) mass is 284 g/mol. The maximum Gasteiger partial charge on any atom is 0.131 e. The highest BCUT2D eigenvalue weighted by molar-refractivity contribution is 5.31. The summed E-state index contributed by atoms with van der Waals surface area (Å²) in [6.07, 6.45) is -0.250. The fourth-order valence-corrected chi connectivity index (χ4v) is 2.25. The Hall–Kier alpha value is -1.17. The highest BCUT2D eigenvalue weighted by atomic mass is 19.1. The lowest BCUT2D eigenvalue weighted by Crippen LogP contribution is -2.45. The second-order valence-corrected chi connectivity index (χ2v) is 5.77. The maximum atomic E-state index is 14.2. The van der Waals surface area contributed by atoms with Crippen LogP contribution in [0.4, 0.5) is 4.39 Å². The van der Waals surface area contributed by atoms with Crippen LogP contribution in [0.25, 0.3) is 0 Å². The molecule has 0 aliphatic rings. The second-order valence-electron chi connectivity index (χ2n) is 5.77. The highest BCUT2D eigenvalue weighted by Gasteiger charge is 2.34. The van der Waals surface area contributed by atoms with Gasteiger partial charge in [0.25, 0.3) is 0 Å². The van der Waals surface area contributed by atoms with E-state index in [4.69, 9.17) is 15.3 Å². The Morgan fingerprint density at radius 2 is 2.00 bits per heavy atom. The summed E-state index contributed by atoms with van der Waals surface area (Å²) < 4.78 is 25.0. The number of ether oxygens (including phenoxy) is 2. The first-order valence-electron chi connectivity index (χ1n) is 6.76. The van der Waals surface area contributed by atoms with E-state index in [1.165, 1.54) is 13.2 Å². The van der Waals surface area contributed by atoms with Gasteiger partial charge in [-0.3, -0.25) is 11.3 Å². The van der Waals surface area contributed by atoms with Crippen LogP contribution in [-0.2, 0) is 4.74 Å². The van der Waals surface area contributed by atoms with Crippen molar-refractivity contribution in [3.8, 4) is 5.75 Å². The molecule has 0 saturated heterocycles. The Labute approximate surface area is 120 Å². The van der Waals surface area contributed by atoms with E-state index in [1.807, 2.05) is 27.7 Å². The van der Waals surface area contributed by atoms with E-state index in [0.717, 1.165) is 0 Å². The van der Waals surface area contributed by atoms with E-state index in [-0.39, 0.29) is 17.3 Å². The number of halogens is 1. The average Bonchev–Trinajstić information content (AvgIpc) is 2.38. The van der Waals surface area contributed by atoms with Crippen molar-refractivity contribution in [2.45, 2.75) is 39.8 Å². The molecule has 1 rings (SSSR count). The standard InChI is InChI=1S/C15H25FN2O2/c1-6-20-14(15(2,3)4)13(18-17)11-8-7-10(19-5)9-12(11)16/h7-9,13-14,18H,6,17H2,1-5H3. The first-order valence-corrected chi connectivity index (χ1v) is 6.76. The van der Waals surface area contributed by atoms with Gasteiger partial charge in [-0.05, 0) is 18.4 Å². The number of nitrogens with one attached hydrogen (secondary N) is 1. The molecule has 2 atom stereocenters. The van der Waals surface area contributed by atoms with Gasteiger partial charge in [0, 0.05) is 18.2 Å². The summed E-state index contributed by atoms with van der Waals surface area (Å²) in [6, 6.07) is 4.32. The topological polar surface area (TPSA) is 56.5 Å². The van der Waals surface area contributed by atoms with Crippen molar-refractivity contribution >= 4 is 0 Å². The van der Waals surface area contributed by atoms with Crippen LogP contribution >= 0.6 is 0 Å². The Kier molecular flexibility index (Phi) is 5.92. The molecule has 0 bridgehead atoms. The molecule has 114 valence electrons. The molecule has 0 aliphatic heterocycles. The van der Waals surface area contributed by atoms with Crippen molar-refractivity contribution < 1.29 is 13.9 Å². The summed E-state index contributed by atoms with van der Waals surface area (Å²) >= 11 is 0. The van der Waals surface area contributed by atoms with Crippen LogP contribution in [0.2, 0.25) is 0 Å². The van der Waals surface area contributed by atoms with Crippen molar-refractivity contribution in [2.24, 2.45) is 11.3 Å². The fourth-order valence-electron chi connectivity index (χ4n) is 2.25. The Morgan fingerprint density at radius 3 is 2.40 bits per heavy atom. The number of hydrogen-bond acceptors (Lipinski definition) is 4. The minimum Gasteiger partial charge on any atom is -0.497 e. The zero-order valence-electron chi connectivity index (χ0n) is 12.9. The van der Waals surface area contributed by atoms with E-state index in [1.54, 1.807) is 12.1 Å². The fraction of sp³-hybridized carbons (Fsp3) is 0.600. The van der Waals surface area contributed by atoms with Gasteiger partial charge in [-0.15, -0.1) is 0 Å². The molecule has 0 fully saturated rings. The van der Waals surface area contributed by atoms with Gasteiger partial charge in [0.1, 0.15) is 11.6 Å². The zero-order chi connectivity index (χ0) is 15.3. The third kappa shape index (κ3) is 3.91. The van der Waals surface area contributed by atoms with Crippen molar-refractivity contribution in [1.29, 1.82) is 0 Å². The summed E-state index contributed by atoms with van der Waals surface area (Å²) in [6.45, 7) is 8.58. The number of benzene rings is 1. The third-order valence-corrected chi connectivity index (χ3v) is 3.22. The largest absolute Gasteiger partial charge is 0.497 e. The first-order chi connectivity index (χ1) is 9.35. The van der Waals surface area contributed by atoms with Gasteiger partial charge >= 0.3 is 0 Å². The number of rotatable bonds is 6. The molecule has 5 heteroatoms. The Balaban J connectivity index is 3.16. The minimum absolute atomic E-state index is 0.181. The molecule has 3 N–H and O–H groups in total. The SMILES string of the molecule is CCOC(C(NN)c1ccc(OC)cc1F)C(C)(C)C. The molecule has 0 aliphatic carbocycles. The van der Waals surface area contributed by atoms with Gasteiger partial charge in [-0.1, -0.05) is 26.8 Å². The summed E-state index contributed by atoms with van der Waals surface area (Å²) in [5, 5.41) is 0. The van der Waals surface area contributed by atoms with Crippen LogP contribution in [0.5, 0.6) is 5.75 Å². The quantitative estimate of drug-likeness (QED) is 0.623. The lowest BCUT2D eigenvalue weighted by atomic mass is 9.82. The number of methoxy groups -OCH3 is 1. The van der Waals surface area contributed by atoms with Gasteiger partial charge in [0.15, 0.2) is 0 Å². The first kappa shape index (κ1) is 16.9. The van der Waals surface area contributed by atoms with Crippen LogP contribution < -0.4 is 16.0 Å². The van der Waals surface area contributed by atoms with E-state index in [2.05, 4.69) is 5.43 Å². The molecule has 0 saturated carbocycles. The molecule has 1 aromatic rings. The van der Waals surface area contributed by atoms with Crippen molar-refractivity contribution in [3.05, 3.63) is 29.6 Å². The summed E-state index contributed by atoms with van der Waals surface area (Å²) in [5.41, 5.74) is 2.97. The molecule has 0 amide bonds. The normalized spacial score (nSPS) is 14.9. The van der Waals surface area contributed by atoms with Gasteiger partial charge in [-0.2, -0.15) is 0 Å². The molecule has 20 heavy (non-hydrogen) atoms. The van der Waals surface area contributed by atoms with Gasteiger partial charge in [0.2, 0.25) is 0 Å². The van der Waals surface area contributed by atoms with Gasteiger partial charge < -0.3 is 9.47 Å². The lowest BCUT2D eigenvalue weighted by Gasteiger charge is -2.36. The number of hydrazine groups is 1. The molecule has 2 unspecified atom stereocenters. The van der Waals surface area contributed by atoms with Crippen LogP contribution in [0.15, 0.2) is 18.2 Å². The molecular weight excluding hydrogens is 259 g/mol. The van der Waals surface area contributed by atoms with Gasteiger partial charge in [0.05, 0.1) is 19.3 Å². The van der Waals surface area contributed by atoms with E-state index >= 15 is 0 Å². The van der Waals surface area contributed by atoms with Gasteiger partial charge in [-0.25, -0.2) is 4.39 Å². The van der Waals surface area contributed by atoms with E-state index in [9.17, 15) is 4.39 Å². The molecular formula is C15H25FN2O2. The third-order valence-electron chi connectivity index (χ3n) is 3.22.